The number of benzene rings is 1. The summed E-state index contributed by atoms with van der Waals surface area (Å²) in [6, 6.07) is 4.36. The first-order valence-corrected chi connectivity index (χ1v) is 7.58. The fraction of sp³-hybridized carbons (Fsp3) is 0.0667. The van der Waals surface area contributed by atoms with Crippen LogP contribution in [0.2, 0.25) is 0 Å². The molecule has 0 atom stereocenters. The van der Waals surface area contributed by atoms with Crippen molar-refractivity contribution in [2.75, 3.05) is 5.75 Å². The van der Waals surface area contributed by atoms with Crippen LogP contribution >= 0.6 is 24.0 Å². The standard InChI is InChI=1S/C15H11FN2OS2/c1-2-7-21-15-13(18-6-5-17-9-18)14(20)11-4-3-10(16)8-12(11)19-15/h2-6,8-9H,1,7H2. The molecule has 0 aliphatic heterocycles. The summed E-state index contributed by atoms with van der Waals surface area (Å²) in [7, 11) is 0. The topological polar surface area (TPSA) is 31.0 Å². The van der Waals surface area contributed by atoms with Gasteiger partial charge in [0.2, 0.25) is 0 Å². The molecule has 3 aromatic rings. The fourth-order valence-electron chi connectivity index (χ4n) is 1.98. The number of fused-ring (bicyclic) bond motifs is 1. The maximum absolute atomic E-state index is 13.4. The lowest BCUT2D eigenvalue weighted by Gasteiger charge is -2.10. The Morgan fingerprint density at radius 3 is 3.05 bits per heavy atom. The van der Waals surface area contributed by atoms with Crippen LogP contribution in [-0.4, -0.2) is 15.3 Å². The van der Waals surface area contributed by atoms with Crippen molar-refractivity contribution in [2.24, 2.45) is 0 Å². The van der Waals surface area contributed by atoms with E-state index in [-0.39, 0.29) is 5.82 Å². The van der Waals surface area contributed by atoms with Crippen LogP contribution in [0.4, 0.5) is 4.39 Å². The molecule has 0 unspecified atom stereocenters. The zero-order valence-corrected chi connectivity index (χ0v) is 12.6. The molecule has 1 aromatic carbocycles. The summed E-state index contributed by atoms with van der Waals surface area (Å²) in [5.74, 6) is 0.316. The highest BCUT2D eigenvalue weighted by molar-refractivity contribution is 7.99. The molecule has 21 heavy (non-hydrogen) atoms. The molecule has 0 saturated carbocycles. The van der Waals surface area contributed by atoms with Gasteiger partial charge in [0.1, 0.15) is 17.1 Å². The molecule has 2 heterocycles. The fourth-order valence-corrected chi connectivity index (χ4v) is 3.18. The van der Waals surface area contributed by atoms with E-state index in [2.05, 4.69) is 11.6 Å². The molecular formula is C15H11FN2OS2. The summed E-state index contributed by atoms with van der Waals surface area (Å²) < 4.78 is 21.7. The predicted molar refractivity (Wildman–Crippen MR) is 85.0 cm³/mol. The Morgan fingerprint density at radius 1 is 1.48 bits per heavy atom. The van der Waals surface area contributed by atoms with Crippen LogP contribution in [0.5, 0.6) is 0 Å². The van der Waals surface area contributed by atoms with Gasteiger partial charge in [-0.3, -0.25) is 0 Å². The van der Waals surface area contributed by atoms with Crippen LogP contribution in [0.25, 0.3) is 16.7 Å². The van der Waals surface area contributed by atoms with E-state index in [0.29, 0.717) is 26.3 Å². The van der Waals surface area contributed by atoms with Gasteiger partial charge in [-0.1, -0.05) is 30.1 Å². The molecule has 0 radical (unpaired) electrons. The summed E-state index contributed by atoms with van der Waals surface area (Å²) in [5, 5.41) is 1.33. The number of imidazole rings is 1. The van der Waals surface area contributed by atoms with Gasteiger partial charge in [-0.15, -0.1) is 6.58 Å². The first-order valence-electron chi connectivity index (χ1n) is 6.19. The van der Waals surface area contributed by atoms with E-state index in [4.69, 9.17) is 16.6 Å². The molecule has 3 rings (SSSR count). The molecule has 0 amide bonds. The Hall–Kier alpha value is -1.92. The number of thioether (sulfide) groups is 1. The Kier molecular flexibility index (Phi) is 3.90. The Labute approximate surface area is 130 Å². The lowest BCUT2D eigenvalue weighted by Crippen LogP contribution is -1.96. The van der Waals surface area contributed by atoms with Crippen LogP contribution in [-0.2, 0) is 0 Å². The highest BCUT2D eigenvalue weighted by Crippen LogP contribution is 2.32. The molecule has 0 spiro atoms. The van der Waals surface area contributed by atoms with Crippen molar-refractivity contribution in [3.05, 3.63) is 59.9 Å². The lowest BCUT2D eigenvalue weighted by atomic mass is 10.2. The summed E-state index contributed by atoms with van der Waals surface area (Å²) in [6.07, 6.45) is 6.91. The maximum atomic E-state index is 13.4. The van der Waals surface area contributed by atoms with Gasteiger partial charge in [-0.2, -0.15) is 0 Å². The van der Waals surface area contributed by atoms with E-state index in [1.54, 1.807) is 35.4 Å². The van der Waals surface area contributed by atoms with Crippen molar-refractivity contribution in [1.82, 2.24) is 9.55 Å². The van der Waals surface area contributed by atoms with Gasteiger partial charge >= 0.3 is 0 Å². The number of aromatic nitrogens is 2. The second-order valence-corrected chi connectivity index (χ2v) is 5.68. The Balaban J connectivity index is 2.32. The lowest BCUT2D eigenvalue weighted by molar-refractivity contribution is 0.492. The van der Waals surface area contributed by atoms with Crippen molar-refractivity contribution < 1.29 is 8.81 Å². The monoisotopic (exact) mass is 318 g/mol. The smallest absolute Gasteiger partial charge is 0.186 e. The van der Waals surface area contributed by atoms with Crippen molar-refractivity contribution in [3.63, 3.8) is 0 Å². The van der Waals surface area contributed by atoms with Gasteiger partial charge in [-0.05, 0) is 12.1 Å². The van der Waals surface area contributed by atoms with E-state index in [1.165, 1.54) is 23.9 Å². The van der Waals surface area contributed by atoms with Crippen LogP contribution < -0.4 is 0 Å². The average Bonchev–Trinajstić information content (AvgIpc) is 2.98. The first kappa shape index (κ1) is 14.0. The van der Waals surface area contributed by atoms with Crippen molar-refractivity contribution in [1.29, 1.82) is 0 Å². The number of hydrogen-bond acceptors (Lipinski definition) is 4. The predicted octanol–water partition coefficient (Wildman–Crippen LogP) is 4.77. The molecule has 2 aromatic heterocycles. The van der Waals surface area contributed by atoms with E-state index in [9.17, 15) is 4.39 Å². The van der Waals surface area contributed by atoms with Crippen LogP contribution in [0.15, 0.2) is 59.1 Å². The molecule has 0 fully saturated rings. The van der Waals surface area contributed by atoms with E-state index < -0.39 is 0 Å². The quantitative estimate of drug-likeness (QED) is 0.394. The molecule has 3 nitrogen and oxygen atoms in total. The number of rotatable bonds is 4. The molecule has 0 aliphatic rings. The highest BCUT2D eigenvalue weighted by atomic mass is 32.2. The summed E-state index contributed by atoms with van der Waals surface area (Å²) in [6.45, 7) is 3.70. The SMILES string of the molecule is C=CCSc1oc2cc(F)ccc2c(=S)c1-n1ccnc1. The summed E-state index contributed by atoms with van der Waals surface area (Å²) in [4.78, 5) is 4.04. The van der Waals surface area contributed by atoms with Gasteiger partial charge in [0.05, 0.1) is 10.8 Å². The molecule has 106 valence electrons. The minimum atomic E-state index is -0.351. The second kappa shape index (κ2) is 5.83. The van der Waals surface area contributed by atoms with Gasteiger partial charge in [0.15, 0.2) is 5.09 Å². The number of nitrogens with zero attached hydrogens (tertiary/aromatic N) is 2. The minimum absolute atomic E-state index is 0.351. The van der Waals surface area contributed by atoms with E-state index in [1.807, 2.05) is 0 Å². The third kappa shape index (κ3) is 2.64. The average molecular weight is 318 g/mol. The van der Waals surface area contributed by atoms with Gasteiger partial charge in [0.25, 0.3) is 0 Å². The highest BCUT2D eigenvalue weighted by Gasteiger charge is 2.14. The molecule has 6 heteroatoms. The second-order valence-electron chi connectivity index (χ2n) is 4.28. The van der Waals surface area contributed by atoms with Crippen molar-refractivity contribution in [2.45, 2.75) is 5.09 Å². The van der Waals surface area contributed by atoms with E-state index in [0.717, 1.165) is 5.69 Å². The normalized spacial score (nSPS) is 10.9. The van der Waals surface area contributed by atoms with Crippen LogP contribution in [0, 0.1) is 10.3 Å². The Bertz CT molecular complexity index is 856. The van der Waals surface area contributed by atoms with Crippen LogP contribution in [0.1, 0.15) is 0 Å². The zero-order chi connectivity index (χ0) is 14.8. The van der Waals surface area contributed by atoms with Crippen molar-refractivity contribution in [3.8, 4) is 5.69 Å². The third-order valence-corrected chi connectivity index (χ3v) is 4.25. The molecular weight excluding hydrogens is 307 g/mol. The number of hydrogen-bond donors (Lipinski definition) is 0. The molecule has 0 bridgehead atoms. The third-order valence-electron chi connectivity index (χ3n) is 2.89. The maximum Gasteiger partial charge on any atom is 0.186 e. The summed E-state index contributed by atoms with van der Waals surface area (Å²) >= 11 is 7.01. The number of halogens is 1. The minimum Gasteiger partial charge on any atom is -0.447 e. The van der Waals surface area contributed by atoms with Gasteiger partial charge in [0, 0.05) is 29.6 Å². The summed E-state index contributed by atoms with van der Waals surface area (Å²) in [5.41, 5.74) is 1.18. The van der Waals surface area contributed by atoms with E-state index >= 15 is 0 Å². The molecule has 0 saturated heterocycles. The van der Waals surface area contributed by atoms with Crippen molar-refractivity contribution >= 4 is 34.9 Å². The zero-order valence-electron chi connectivity index (χ0n) is 11.0. The van der Waals surface area contributed by atoms with Gasteiger partial charge < -0.3 is 8.98 Å². The molecule has 0 aliphatic carbocycles. The Morgan fingerprint density at radius 2 is 2.33 bits per heavy atom. The molecule has 0 N–H and O–H groups in total. The first-order chi connectivity index (χ1) is 10.2. The largest absolute Gasteiger partial charge is 0.447 e. The van der Waals surface area contributed by atoms with Gasteiger partial charge in [-0.25, -0.2) is 9.37 Å². The van der Waals surface area contributed by atoms with Crippen LogP contribution in [0.3, 0.4) is 0 Å².